The fourth-order valence-corrected chi connectivity index (χ4v) is 1.67. The Morgan fingerprint density at radius 1 is 1.21 bits per heavy atom. The minimum atomic E-state index is 0.625. The zero-order valence-corrected chi connectivity index (χ0v) is 11.8. The van der Waals surface area contributed by atoms with Gasteiger partial charge in [-0.1, -0.05) is 6.08 Å². The molecule has 0 aliphatic rings. The van der Waals surface area contributed by atoms with Crippen molar-refractivity contribution in [1.82, 2.24) is 5.32 Å². The van der Waals surface area contributed by atoms with Crippen LogP contribution in [-0.4, -0.2) is 40.5 Å². The first kappa shape index (κ1) is 15.5. The molecule has 0 radical (unpaired) electrons. The van der Waals surface area contributed by atoms with Crippen LogP contribution in [0, 0.1) is 0 Å². The molecule has 0 bridgehead atoms. The van der Waals surface area contributed by atoms with Gasteiger partial charge in [-0.25, -0.2) is 0 Å². The van der Waals surface area contributed by atoms with Gasteiger partial charge < -0.3 is 19.5 Å². The van der Waals surface area contributed by atoms with E-state index in [9.17, 15) is 0 Å². The van der Waals surface area contributed by atoms with Gasteiger partial charge in [0.25, 0.3) is 0 Å². The summed E-state index contributed by atoms with van der Waals surface area (Å²) < 4.78 is 15.9. The van der Waals surface area contributed by atoms with E-state index in [1.54, 1.807) is 14.2 Å². The van der Waals surface area contributed by atoms with Crippen molar-refractivity contribution in [2.45, 2.75) is 6.42 Å². The number of methoxy groups -OCH3 is 2. The van der Waals surface area contributed by atoms with Crippen LogP contribution in [0.2, 0.25) is 0 Å². The molecule has 4 nitrogen and oxygen atoms in total. The second-order valence-corrected chi connectivity index (χ2v) is 4.06. The van der Waals surface area contributed by atoms with Gasteiger partial charge in [-0.15, -0.1) is 6.58 Å². The van der Waals surface area contributed by atoms with Crippen LogP contribution in [0.25, 0.3) is 0 Å². The summed E-state index contributed by atoms with van der Waals surface area (Å²) in [5.74, 6) is 1.72. The van der Waals surface area contributed by atoms with Gasteiger partial charge in [0.1, 0.15) is 18.1 Å². The maximum Gasteiger partial charge on any atom is 0.123 e. The molecular formula is C15H23NO3. The molecule has 1 N–H and O–H groups in total. The van der Waals surface area contributed by atoms with Crippen LogP contribution < -0.4 is 14.8 Å². The van der Waals surface area contributed by atoms with Crippen molar-refractivity contribution in [2.75, 3.05) is 40.5 Å². The molecule has 0 aliphatic carbocycles. The van der Waals surface area contributed by atoms with Crippen LogP contribution in [0.15, 0.2) is 30.9 Å². The van der Waals surface area contributed by atoms with Gasteiger partial charge in [0, 0.05) is 25.8 Å². The molecule has 0 unspecified atom stereocenters. The molecular weight excluding hydrogens is 242 g/mol. The maximum absolute atomic E-state index is 5.76. The van der Waals surface area contributed by atoms with E-state index in [1.807, 2.05) is 24.3 Å². The standard InChI is InChI=1S/C15H23NO3/c1-4-5-13-12-14(18-3)6-7-15(13)19-11-9-16-8-10-17-2/h4,6-7,12,16H,1,5,8-11H2,2-3H3. The largest absolute Gasteiger partial charge is 0.497 e. The fourth-order valence-electron chi connectivity index (χ4n) is 1.67. The molecule has 0 heterocycles. The molecule has 106 valence electrons. The Morgan fingerprint density at radius 2 is 2.00 bits per heavy atom. The predicted octanol–water partition coefficient (Wildman–Crippen LogP) is 2.04. The van der Waals surface area contributed by atoms with E-state index < -0.39 is 0 Å². The third-order valence-electron chi connectivity index (χ3n) is 2.65. The minimum Gasteiger partial charge on any atom is -0.497 e. The number of hydrogen-bond acceptors (Lipinski definition) is 4. The van der Waals surface area contributed by atoms with Gasteiger partial charge in [0.05, 0.1) is 13.7 Å². The molecule has 0 amide bonds. The summed E-state index contributed by atoms with van der Waals surface area (Å²) in [6, 6.07) is 5.82. The van der Waals surface area contributed by atoms with E-state index in [-0.39, 0.29) is 0 Å². The molecule has 0 atom stereocenters. The first-order chi connectivity index (χ1) is 9.31. The smallest absolute Gasteiger partial charge is 0.123 e. The molecule has 0 spiro atoms. The third-order valence-corrected chi connectivity index (χ3v) is 2.65. The zero-order chi connectivity index (χ0) is 13.9. The third kappa shape index (κ3) is 5.77. The average Bonchev–Trinajstić information content (AvgIpc) is 2.44. The Balaban J connectivity index is 2.45. The lowest BCUT2D eigenvalue weighted by Crippen LogP contribution is -2.24. The van der Waals surface area contributed by atoms with Crippen LogP contribution in [0.5, 0.6) is 11.5 Å². The molecule has 0 saturated heterocycles. The van der Waals surface area contributed by atoms with Gasteiger partial charge in [-0.2, -0.15) is 0 Å². The Bertz CT molecular complexity index is 380. The number of benzene rings is 1. The van der Waals surface area contributed by atoms with Crippen LogP contribution in [0.1, 0.15) is 5.56 Å². The van der Waals surface area contributed by atoms with Crippen LogP contribution >= 0.6 is 0 Å². The normalized spacial score (nSPS) is 10.2. The van der Waals surface area contributed by atoms with Gasteiger partial charge >= 0.3 is 0 Å². The zero-order valence-electron chi connectivity index (χ0n) is 11.8. The predicted molar refractivity (Wildman–Crippen MR) is 77.1 cm³/mol. The molecule has 0 aliphatic heterocycles. The van der Waals surface area contributed by atoms with Crippen molar-refractivity contribution in [2.24, 2.45) is 0 Å². The molecule has 0 saturated carbocycles. The summed E-state index contributed by atoms with van der Waals surface area (Å²) in [5.41, 5.74) is 1.09. The van der Waals surface area contributed by atoms with Gasteiger partial charge in [-0.3, -0.25) is 0 Å². The first-order valence-electron chi connectivity index (χ1n) is 6.42. The molecule has 1 aromatic rings. The summed E-state index contributed by atoms with van der Waals surface area (Å²) in [4.78, 5) is 0. The number of hydrogen-bond donors (Lipinski definition) is 1. The SMILES string of the molecule is C=CCc1cc(OC)ccc1OCCNCCOC. The second kappa shape index (κ2) is 9.42. The lowest BCUT2D eigenvalue weighted by atomic mass is 10.1. The maximum atomic E-state index is 5.76. The van der Waals surface area contributed by atoms with Crippen LogP contribution in [0.3, 0.4) is 0 Å². The summed E-state index contributed by atoms with van der Waals surface area (Å²) in [6.07, 6.45) is 2.63. The van der Waals surface area contributed by atoms with Crippen LogP contribution in [-0.2, 0) is 11.2 Å². The van der Waals surface area contributed by atoms with Gasteiger partial charge in [-0.05, 0) is 24.6 Å². The topological polar surface area (TPSA) is 39.7 Å². The van der Waals surface area contributed by atoms with Gasteiger partial charge in [0.15, 0.2) is 0 Å². The average molecular weight is 265 g/mol. The van der Waals surface area contributed by atoms with E-state index >= 15 is 0 Å². The number of nitrogens with one attached hydrogen (secondary N) is 1. The first-order valence-corrected chi connectivity index (χ1v) is 6.42. The Labute approximate surface area is 115 Å². The fraction of sp³-hybridized carbons (Fsp3) is 0.467. The Hall–Kier alpha value is -1.52. The summed E-state index contributed by atoms with van der Waals surface area (Å²) in [7, 11) is 3.35. The molecule has 1 rings (SSSR count). The van der Waals surface area contributed by atoms with E-state index in [0.717, 1.165) is 36.6 Å². The van der Waals surface area contributed by atoms with Gasteiger partial charge in [0.2, 0.25) is 0 Å². The number of rotatable bonds is 10. The van der Waals surface area contributed by atoms with Crippen molar-refractivity contribution in [3.63, 3.8) is 0 Å². The van der Waals surface area contributed by atoms with E-state index in [0.29, 0.717) is 13.2 Å². The van der Waals surface area contributed by atoms with Crippen molar-refractivity contribution in [3.8, 4) is 11.5 Å². The summed E-state index contributed by atoms with van der Waals surface area (Å²) in [6.45, 7) is 6.73. The monoisotopic (exact) mass is 265 g/mol. The van der Waals surface area contributed by atoms with E-state index in [1.165, 1.54) is 0 Å². The van der Waals surface area contributed by atoms with Crippen LogP contribution in [0.4, 0.5) is 0 Å². The van der Waals surface area contributed by atoms with Crippen molar-refractivity contribution in [3.05, 3.63) is 36.4 Å². The highest BCUT2D eigenvalue weighted by Gasteiger charge is 2.04. The molecule has 0 aromatic heterocycles. The summed E-state index contributed by atoms with van der Waals surface area (Å²) >= 11 is 0. The van der Waals surface area contributed by atoms with Crippen molar-refractivity contribution >= 4 is 0 Å². The highest BCUT2D eigenvalue weighted by molar-refractivity contribution is 5.41. The molecule has 19 heavy (non-hydrogen) atoms. The molecule has 0 fully saturated rings. The molecule has 1 aromatic carbocycles. The Kier molecular flexibility index (Phi) is 7.70. The molecule has 4 heteroatoms. The lowest BCUT2D eigenvalue weighted by molar-refractivity contribution is 0.196. The number of ether oxygens (including phenoxy) is 3. The highest BCUT2D eigenvalue weighted by atomic mass is 16.5. The lowest BCUT2D eigenvalue weighted by Gasteiger charge is -2.12. The second-order valence-electron chi connectivity index (χ2n) is 4.06. The Morgan fingerprint density at radius 3 is 2.68 bits per heavy atom. The van der Waals surface area contributed by atoms with E-state index in [2.05, 4.69) is 11.9 Å². The van der Waals surface area contributed by atoms with Crippen molar-refractivity contribution < 1.29 is 14.2 Å². The minimum absolute atomic E-state index is 0.625. The summed E-state index contributed by atoms with van der Waals surface area (Å²) in [5, 5.41) is 3.24. The van der Waals surface area contributed by atoms with Crippen molar-refractivity contribution in [1.29, 1.82) is 0 Å². The number of allylic oxidation sites excluding steroid dienone is 1. The highest BCUT2D eigenvalue weighted by Crippen LogP contribution is 2.24. The quantitative estimate of drug-likeness (QED) is 0.519. The van der Waals surface area contributed by atoms with E-state index in [4.69, 9.17) is 14.2 Å².